The van der Waals surface area contributed by atoms with Crippen LogP contribution >= 0.6 is 15.9 Å². The van der Waals surface area contributed by atoms with Gasteiger partial charge in [-0.3, -0.25) is 0 Å². The van der Waals surface area contributed by atoms with Crippen LogP contribution < -0.4 is 10.2 Å². The van der Waals surface area contributed by atoms with Gasteiger partial charge in [-0.25, -0.2) is 4.98 Å². The van der Waals surface area contributed by atoms with E-state index in [1.165, 1.54) is 0 Å². The van der Waals surface area contributed by atoms with Crippen molar-refractivity contribution in [3.63, 3.8) is 0 Å². The SMILES string of the molecule is CCN(CC)c1ccnc(Nc2ccc(Br)cc2)n1. The van der Waals surface area contributed by atoms with Gasteiger partial charge >= 0.3 is 0 Å². The van der Waals surface area contributed by atoms with Gasteiger partial charge in [0.25, 0.3) is 0 Å². The normalized spacial score (nSPS) is 10.3. The Morgan fingerprint density at radius 3 is 2.42 bits per heavy atom. The second kappa shape index (κ2) is 6.52. The van der Waals surface area contributed by atoms with Gasteiger partial charge in [0.15, 0.2) is 0 Å². The zero-order chi connectivity index (χ0) is 13.7. The number of nitrogens with one attached hydrogen (secondary N) is 1. The minimum Gasteiger partial charge on any atom is -0.357 e. The van der Waals surface area contributed by atoms with Crippen LogP contribution in [0.1, 0.15) is 13.8 Å². The summed E-state index contributed by atoms with van der Waals surface area (Å²) in [6.45, 7) is 6.11. The molecule has 0 fully saturated rings. The highest BCUT2D eigenvalue weighted by molar-refractivity contribution is 9.10. The van der Waals surface area contributed by atoms with Crippen molar-refractivity contribution < 1.29 is 0 Å². The number of nitrogens with zero attached hydrogens (tertiary/aromatic N) is 3. The van der Waals surface area contributed by atoms with E-state index in [-0.39, 0.29) is 0 Å². The highest BCUT2D eigenvalue weighted by Crippen LogP contribution is 2.18. The van der Waals surface area contributed by atoms with E-state index >= 15 is 0 Å². The topological polar surface area (TPSA) is 41.1 Å². The molecule has 1 aromatic carbocycles. The molecule has 2 aromatic rings. The van der Waals surface area contributed by atoms with E-state index in [9.17, 15) is 0 Å². The summed E-state index contributed by atoms with van der Waals surface area (Å²) in [6, 6.07) is 9.86. The van der Waals surface area contributed by atoms with Gasteiger partial charge in [-0.15, -0.1) is 0 Å². The van der Waals surface area contributed by atoms with Crippen LogP contribution in [0.5, 0.6) is 0 Å². The average molecular weight is 321 g/mol. The molecule has 0 aliphatic rings. The van der Waals surface area contributed by atoms with E-state index < -0.39 is 0 Å². The van der Waals surface area contributed by atoms with Crippen LogP contribution in [0.2, 0.25) is 0 Å². The fourth-order valence-corrected chi connectivity index (χ4v) is 2.06. The largest absolute Gasteiger partial charge is 0.357 e. The van der Waals surface area contributed by atoms with E-state index in [1.54, 1.807) is 6.20 Å². The van der Waals surface area contributed by atoms with Gasteiger partial charge in [0.2, 0.25) is 5.95 Å². The second-order valence-electron chi connectivity index (χ2n) is 4.04. The lowest BCUT2D eigenvalue weighted by Crippen LogP contribution is -2.23. The Kier molecular flexibility index (Phi) is 4.74. The number of aromatic nitrogens is 2. The maximum Gasteiger partial charge on any atom is 0.229 e. The van der Waals surface area contributed by atoms with Gasteiger partial charge in [-0.05, 0) is 44.2 Å². The molecule has 19 heavy (non-hydrogen) atoms. The minimum absolute atomic E-state index is 0.617. The lowest BCUT2D eigenvalue weighted by Gasteiger charge is -2.19. The highest BCUT2D eigenvalue weighted by Gasteiger charge is 2.05. The molecule has 0 radical (unpaired) electrons. The van der Waals surface area contributed by atoms with Gasteiger partial charge in [0.05, 0.1) is 0 Å². The van der Waals surface area contributed by atoms with Crippen molar-refractivity contribution in [2.45, 2.75) is 13.8 Å². The quantitative estimate of drug-likeness (QED) is 0.909. The van der Waals surface area contributed by atoms with Crippen molar-refractivity contribution >= 4 is 33.4 Å². The maximum absolute atomic E-state index is 4.52. The summed E-state index contributed by atoms with van der Waals surface area (Å²) in [7, 11) is 0. The second-order valence-corrected chi connectivity index (χ2v) is 4.96. The highest BCUT2D eigenvalue weighted by atomic mass is 79.9. The Bertz CT molecular complexity index is 523. The fourth-order valence-electron chi connectivity index (χ4n) is 1.80. The average Bonchev–Trinajstić information content (AvgIpc) is 2.43. The van der Waals surface area contributed by atoms with Crippen molar-refractivity contribution in [2.24, 2.45) is 0 Å². The Morgan fingerprint density at radius 1 is 1.11 bits per heavy atom. The predicted molar refractivity (Wildman–Crippen MR) is 83.0 cm³/mol. The van der Waals surface area contributed by atoms with Crippen LogP contribution in [-0.4, -0.2) is 23.1 Å². The molecule has 0 spiro atoms. The van der Waals surface area contributed by atoms with Crippen molar-refractivity contribution in [1.29, 1.82) is 0 Å². The molecule has 1 aromatic heterocycles. The number of benzene rings is 1. The Morgan fingerprint density at radius 2 is 1.79 bits per heavy atom. The summed E-state index contributed by atoms with van der Waals surface area (Å²) in [5, 5.41) is 3.20. The molecule has 0 aliphatic carbocycles. The summed E-state index contributed by atoms with van der Waals surface area (Å²) in [6.07, 6.45) is 1.78. The molecular weight excluding hydrogens is 304 g/mol. The van der Waals surface area contributed by atoms with Gasteiger partial charge < -0.3 is 10.2 Å². The third-order valence-corrected chi connectivity index (χ3v) is 3.36. The van der Waals surface area contributed by atoms with Gasteiger partial charge in [0, 0.05) is 29.4 Å². The molecule has 0 bridgehead atoms. The third-order valence-electron chi connectivity index (χ3n) is 2.83. The molecule has 4 nitrogen and oxygen atoms in total. The van der Waals surface area contributed by atoms with Gasteiger partial charge in [-0.1, -0.05) is 15.9 Å². The molecule has 0 unspecified atom stereocenters. The zero-order valence-corrected chi connectivity index (χ0v) is 12.7. The van der Waals surface area contributed by atoms with Gasteiger partial charge in [-0.2, -0.15) is 4.98 Å². The van der Waals surface area contributed by atoms with Crippen LogP contribution in [0.4, 0.5) is 17.5 Å². The summed E-state index contributed by atoms with van der Waals surface area (Å²) in [5.74, 6) is 1.56. The maximum atomic E-state index is 4.52. The Hall–Kier alpha value is -1.62. The smallest absolute Gasteiger partial charge is 0.229 e. The van der Waals surface area contributed by atoms with E-state index in [0.717, 1.165) is 29.1 Å². The fraction of sp³-hybridized carbons (Fsp3) is 0.286. The molecule has 0 saturated carbocycles. The predicted octanol–water partition coefficient (Wildman–Crippen LogP) is 3.83. The monoisotopic (exact) mass is 320 g/mol. The Labute approximate surface area is 122 Å². The molecule has 0 saturated heterocycles. The first-order valence-electron chi connectivity index (χ1n) is 6.33. The van der Waals surface area contributed by atoms with Crippen LogP contribution in [0.3, 0.4) is 0 Å². The first kappa shape index (κ1) is 13.8. The van der Waals surface area contributed by atoms with Crippen LogP contribution in [0.15, 0.2) is 41.0 Å². The van der Waals surface area contributed by atoms with Crippen molar-refractivity contribution in [1.82, 2.24) is 9.97 Å². The molecule has 1 N–H and O–H groups in total. The summed E-state index contributed by atoms with van der Waals surface area (Å²) < 4.78 is 1.05. The lowest BCUT2D eigenvalue weighted by atomic mass is 10.3. The van der Waals surface area contributed by atoms with E-state index in [4.69, 9.17) is 0 Å². The van der Waals surface area contributed by atoms with Crippen molar-refractivity contribution in [3.05, 3.63) is 41.0 Å². The standard InChI is InChI=1S/C14H17BrN4/c1-3-19(4-2)13-9-10-16-14(18-13)17-12-7-5-11(15)6-8-12/h5-10H,3-4H2,1-2H3,(H,16,17,18). The molecule has 0 atom stereocenters. The van der Waals surface area contributed by atoms with Crippen molar-refractivity contribution in [3.8, 4) is 0 Å². The number of rotatable bonds is 5. The van der Waals surface area contributed by atoms with E-state index in [2.05, 4.69) is 50.0 Å². The summed E-state index contributed by atoms with van der Waals surface area (Å²) in [4.78, 5) is 11.0. The van der Waals surface area contributed by atoms with Crippen molar-refractivity contribution in [2.75, 3.05) is 23.3 Å². The molecule has 0 amide bonds. The van der Waals surface area contributed by atoms with E-state index in [0.29, 0.717) is 5.95 Å². The van der Waals surface area contributed by atoms with Crippen LogP contribution in [0.25, 0.3) is 0 Å². The first-order valence-corrected chi connectivity index (χ1v) is 7.12. The molecule has 0 aliphatic heterocycles. The lowest BCUT2D eigenvalue weighted by molar-refractivity contribution is 0.843. The zero-order valence-electron chi connectivity index (χ0n) is 11.1. The van der Waals surface area contributed by atoms with E-state index in [1.807, 2.05) is 30.3 Å². The van der Waals surface area contributed by atoms with Crippen LogP contribution in [0, 0.1) is 0 Å². The molecule has 1 heterocycles. The first-order chi connectivity index (χ1) is 9.22. The number of hydrogen-bond donors (Lipinski definition) is 1. The number of hydrogen-bond acceptors (Lipinski definition) is 4. The third kappa shape index (κ3) is 3.67. The van der Waals surface area contributed by atoms with Crippen LogP contribution in [-0.2, 0) is 0 Å². The molecule has 2 rings (SSSR count). The molecule has 5 heteroatoms. The molecular formula is C14H17BrN4. The minimum atomic E-state index is 0.617. The summed E-state index contributed by atoms with van der Waals surface area (Å²) in [5.41, 5.74) is 0.972. The van der Waals surface area contributed by atoms with Gasteiger partial charge in [0.1, 0.15) is 5.82 Å². The number of anilines is 3. The number of halogens is 1. The Balaban J connectivity index is 2.17. The summed E-state index contributed by atoms with van der Waals surface area (Å²) >= 11 is 3.41. The molecule has 100 valence electrons.